The van der Waals surface area contributed by atoms with Crippen LogP contribution in [0.4, 0.5) is 0 Å². The summed E-state index contributed by atoms with van der Waals surface area (Å²) >= 11 is 0. The molecule has 0 spiro atoms. The molecule has 1 heterocycles. The van der Waals surface area contributed by atoms with Crippen LogP contribution < -0.4 is 28.8 Å². The molecule has 9 nitrogen and oxygen atoms in total. The number of carbonyl (C=O) groups excluding carboxylic acids is 3. The first kappa shape index (κ1) is 28.1. The maximum absolute atomic E-state index is 12.8. The van der Waals surface area contributed by atoms with Gasteiger partial charge in [-0.05, 0) is 37.2 Å². The third-order valence-corrected chi connectivity index (χ3v) is 4.81. The van der Waals surface area contributed by atoms with Crippen LogP contribution in [0.2, 0.25) is 0 Å². The number of unbranched alkanes of at least 4 members (excludes halogenated alkanes) is 2. The molecule has 0 aliphatic rings. The van der Waals surface area contributed by atoms with Crippen molar-refractivity contribution >= 4 is 17.8 Å². The molecule has 0 fully saturated rings. The van der Waals surface area contributed by atoms with E-state index in [0.717, 1.165) is 31.4 Å². The van der Waals surface area contributed by atoms with Gasteiger partial charge < -0.3 is 38.5 Å². The average Bonchev–Trinajstić information content (AvgIpc) is 3.27. The highest BCUT2D eigenvalue weighted by Gasteiger charge is 2.27. The zero-order valence-corrected chi connectivity index (χ0v) is 20.0. The quantitative estimate of drug-likeness (QED) is 0.203. The van der Waals surface area contributed by atoms with Gasteiger partial charge in [0, 0.05) is 6.54 Å². The number of esters is 1. The minimum Gasteiger partial charge on any atom is -1.00 e. The molecule has 0 unspecified atom stereocenters. The van der Waals surface area contributed by atoms with E-state index in [2.05, 4.69) is 26.3 Å². The van der Waals surface area contributed by atoms with Gasteiger partial charge in [-0.15, -0.1) is 0 Å². The van der Waals surface area contributed by atoms with Crippen LogP contribution in [0.25, 0.3) is 0 Å². The van der Waals surface area contributed by atoms with Crippen molar-refractivity contribution in [2.45, 2.75) is 52.2 Å². The van der Waals surface area contributed by atoms with Gasteiger partial charge in [0.2, 0.25) is 0 Å². The number of nitrogens with zero attached hydrogens (tertiary/aromatic N) is 1. The van der Waals surface area contributed by atoms with Gasteiger partial charge in [-0.3, -0.25) is 9.59 Å². The smallest absolute Gasteiger partial charge is 0.328 e. The van der Waals surface area contributed by atoms with Crippen molar-refractivity contribution < 1.29 is 37.3 Å². The fourth-order valence-corrected chi connectivity index (χ4v) is 3.15. The molecule has 0 radical (unpaired) electrons. The Hall–Kier alpha value is -2.91. The summed E-state index contributed by atoms with van der Waals surface area (Å²) in [5.41, 5.74) is 4.67. The van der Waals surface area contributed by atoms with Crippen molar-refractivity contribution in [3.05, 3.63) is 53.6 Å². The zero-order chi connectivity index (χ0) is 23.3. The topological polar surface area (TPSA) is 141 Å². The normalized spacial score (nSPS) is 11.4. The van der Waals surface area contributed by atoms with Gasteiger partial charge in [-0.1, -0.05) is 44.2 Å². The molecule has 0 bridgehead atoms. The molecule has 2 aromatic rings. The van der Waals surface area contributed by atoms with Gasteiger partial charge in [0.1, 0.15) is 18.3 Å². The molecule has 182 valence electrons. The van der Waals surface area contributed by atoms with Crippen LogP contribution in [0.5, 0.6) is 0 Å². The summed E-state index contributed by atoms with van der Waals surface area (Å²) in [7, 11) is 0. The maximum Gasteiger partial charge on any atom is 0.328 e. The van der Waals surface area contributed by atoms with Crippen LogP contribution in [0.1, 0.15) is 66.1 Å². The molecule has 0 aliphatic heterocycles. The summed E-state index contributed by atoms with van der Waals surface area (Å²) in [6.07, 6.45) is 4.50. The van der Waals surface area contributed by atoms with Gasteiger partial charge in [-0.25, -0.2) is 9.78 Å². The van der Waals surface area contributed by atoms with Crippen LogP contribution in [0.3, 0.4) is 0 Å². The maximum atomic E-state index is 12.8. The van der Waals surface area contributed by atoms with E-state index in [0.29, 0.717) is 13.0 Å². The zero-order valence-electron chi connectivity index (χ0n) is 19.2. The number of carbonyl (C=O) groups is 3. The lowest BCUT2D eigenvalue weighted by molar-refractivity contribution is -0.368. The number of amides is 2. The predicted octanol–water partition coefficient (Wildman–Crippen LogP) is -1.56. The number of halogens is 1. The molecule has 10 heteroatoms. The highest BCUT2D eigenvalue weighted by atomic mass is 35.5. The highest BCUT2D eigenvalue weighted by Crippen LogP contribution is 2.11. The Morgan fingerprint density at radius 1 is 1.09 bits per heavy atom. The number of nitrogens with one attached hydrogen (secondary N) is 3. The summed E-state index contributed by atoms with van der Waals surface area (Å²) in [4.78, 5) is 44.6. The number of hydrogen-bond acceptors (Lipinski definition) is 5. The number of H-pyrrole nitrogens is 1. The van der Waals surface area contributed by atoms with Crippen molar-refractivity contribution in [1.82, 2.24) is 20.6 Å². The second-order valence-electron chi connectivity index (χ2n) is 8.05. The predicted molar refractivity (Wildman–Crippen MR) is 119 cm³/mol. The van der Waals surface area contributed by atoms with Crippen molar-refractivity contribution in [2.24, 2.45) is 5.92 Å². The van der Waals surface area contributed by atoms with E-state index in [-0.39, 0.29) is 36.3 Å². The minimum atomic E-state index is -0.846. The van der Waals surface area contributed by atoms with E-state index < -0.39 is 23.8 Å². The van der Waals surface area contributed by atoms with Gasteiger partial charge in [-0.2, -0.15) is 0 Å². The largest absolute Gasteiger partial charge is 1.00 e. The van der Waals surface area contributed by atoms with Crippen LogP contribution in [0.15, 0.2) is 36.7 Å². The van der Waals surface area contributed by atoms with Crippen LogP contribution in [0, 0.1) is 5.92 Å². The Balaban J connectivity index is 0.00000544. The molecular weight excluding hydrogens is 446 g/mol. The van der Waals surface area contributed by atoms with E-state index in [1.165, 1.54) is 6.33 Å². The molecule has 2 rings (SSSR count). The first-order valence-electron chi connectivity index (χ1n) is 11.0. The van der Waals surface area contributed by atoms with Crippen LogP contribution >= 0.6 is 0 Å². The highest BCUT2D eigenvalue weighted by molar-refractivity contribution is 6.05. The Bertz CT molecular complexity index is 873. The molecule has 6 N–H and O–H groups in total. The van der Waals surface area contributed by atoms with Crippen molar-refractivity contribution in [1.29, 1.82) is 0 Å². The Morgan fingerprint density at radius 2 is 1.82 bits per heavy atom. The van der Waals surface area contributed by atoms with Gasteiger partial charge in [0.05, 0.1) is 12.9 Å². The number of hydrogen-bond donors (Lipinski definition) is 4. The number of ether oxygens (including phenoxy) is 1. The molecule has 2 amide bonds. The first-order valence-corrected chi connectivity index (χ1v) is 11.0. The number of aromatic amines is 1. The lowest BCUT2D eigenvalue weighted by Gasteiger charge is -2.19. The third kappa shape index (κ3) is 9.63. The van der Waals surface area contributed by atoms with Gasteiger partial charge in [0.25, 0.3) is 11.8 Å². The summed E-state index contributed by atoms with van der Waals surface area (Å²) in [5, 5.41) is 5.47. The molecule has 1 atom stereocenters. The van der Waals surface area contributed by atoms with E-state index in [1.807, 2.05) is 44.2 Å². The monoisotopic (exact) mass is 479 g/mol. The number of aromatic nitrogens is 2. The van der Waals surface area contributed by atoms with E-state index in [1.54, 1.807) is 0 Å². The molecular formula is C23H34ClN5O4. The van der Waals surface area contributed by atoms with Crippen LogP contribution in [-0.2, 0) is 16.1 Å². The van der Waals surface area contributed by atoms with Crippen LogP contribution in [-0.4, -0.2) is 46.9 Å². The minimum absolute atomic E-state index is 0. The first-order chi connectivity index (χ1) is 15.4. The SMILES string of the molecule is CC(C)C[C@H](NC(=O)c1nc[nH]c1C(=O)NCCCCC[NH3+])C(=O)OCc1ccccc1.[Cl-]. The molecule has 1 aromatic heterocycles. The molecule has 0 saturated heterocycles. The van der Waals surface area contributed by atoms with Crippen molar-refractivity contribution in [3.8, 4) is 0 Å². The van der Waals surface area contributed by atoms with Gasteiger partial charge >= 0.3 is 5.97 Å². The van der Waals surface area contributed by atoms with Gasteiger partial charge in [0.15, 0.2) is 5.69 Å². The molecule has 33 heavy (non-hydrogen) atoms. The second-order valence-corrected chi connectivity index (χ2v) is 8.05. The third-order valence-electron chi connectivity index (χ3n) is 4.81. The number of benzene rings is 1. The summed E-state index contributed by atoms with van der Waals surface area (Å²) in [6.45, 7) is 5.39. The standard InChI is InChI=1S/C23H33N5O4.ClH/c1-16(2)13-18(23(31)32-14-17-9-5-3-6-10-17)28-22(30)20-19(26-15-27-20)21(29)25-12-8-4-7-11-24;/h3,5-6,9-10,15-16,18H,4,7-8,11-14,24H2,1-2H3,(H,25,29)(H,26,27)(H,28,30);1H/t18-;/m0./s1. The molecule has 1 aromatic carbocycles. The number of quaternary nitrogens is 1. The Morgan fingerprint density at radius 3 is 2.48 bits per heavy atom. The lowest BCUT2D eigenvalue weighted by atomic mass is 10.0. The molecule has 0 aliphatic carbocycles. The van der Waals surface area contributed by atoms with E-state index in [9.17, 15) is 14.4 Å². The molecule has 0 saturated carbocycles. The Kier molecular flexibility index (Phi) is 12.8. The summed E-state index contributed by atoms with van der Waals surface area (Å²) in [5.74, 6) is -1.39. The fraction of sp³-hybridized carbons (Fsp3) is 0.478. The second kappa shape index (κ2) is 15.0. The van der Waals surface area contributed by atoms with E-state index in [4.69, 9.17) is 4.74 Å². The fourth-order valence-electron chi connectivity index (χ4n) is 3.15. The summed E-state index contributed by atoms with van der Waals surface area (Å²) in [6, 6.07) is 8.48. The van der Waals surface area contributed by atoms with Crippen molar-refractivity contribution in [2.75, 3.05) is 13.1 Å². The van der Waals surface area contributed by atoms with E-state index >= 15 is 0 Å². The average molecular weight is 480 g/mol. The Labute approximate surface area is 200 Å². The van der Waals surface area contributed by atoms with Crippen molar-refractivity contribution in [3.63, 3.8) is 0 Å². The lowest BCUT2D eigenvalue weighted by Crippen LogP contribution is -3.00. The summed E-state index contributed by atoms with van der Waals surface area (Å²) < 4.78 is 5.41. The number of rotatable bonds is 13. The number of imidazole rings is 1.